The molecule has 1 aliphatic heterocycles. The molecular formula is C23H26Cl2N4O3S. The molecule has 3 rings (SSSR count). The van der Waals surface area contributed by atoms with Crippen LogP contribution in [0.1, 0.15) is 24.2 Å². The third-order valence-electron chi connectivity index (χ3n) is 5.27. The van der Waals surface area contributed by atoms with Crippen molar-refractivity contribution in [3.63, 3.8) is 0 Å². The van der Waals surface area contributed by atoms with Crippen LogP contribution in [0.3, 0.4) is 0 Å². The molecule has 2 N–H and O–H groups in total. The molecule has 2 amide bonds. The van der Waals surface area contributed by atoms with Crippen molar-refractivity contribution in [2.75, 3.05) is 43.5 Å². The quantitative estimate of drug-likeness (QED) is 0.581. The van der Waals surface area contributed by atoms with Crippen molar-refractivity contribution in [2.24, 2.45) is 5.92 Å². The molecule has 2 aromatic carbocycles. The van der Waals surface area contributed by atoms with E-state index in [9.17, 15) is 9.59 Å². The van der Waals surface area contributed by atoms with Crippen LogP contribution in [0.5, 0.6) is 5.75 Å². The van der Waals surface area contributed by atoms with Gasteiger partial charge in [0.25, 0.3) is 5.91 Å². The van der Waals surface area contributed by atoms with E-state index in [1.807, 2.05) is 24.8 Å². The highest BCUT2D eigenvalue weighted by atomic mass is 35.5. The Morgan fingerprint density at radius 2 is 1.67 bits per heavy atom. The lowest BCUT2D eigenvalue weighted by atomic mass is 10.1. The molecule has 0 spiro atoms. The van der Waals surface area contributed by atoms with Crippen LogP contribution in [0.15, 0.2) is 36.4 Å². The van der Waals surface area contributed by atoms with Gasteiger partial charge in [0.1, 0.15) is 5.75 Å². The summed E-state index contributed by atoms with van der Waals surface area (Å²) in [6.07, 6.45) is 0. The van der Waals surface area contributed by atoms with Crippen molar-refractivity contribution in [2.45, 2.75) is 13.8 Å². The van der Waals surface area contributed by atoms with Crippen molar-refractivity contribution in [1.29, 1.82) is 0 Å². The monoisotopic (exact) mass is 508 g/mol. The first-order valence-electron chi connectivity index (χ1n) is 10.5. The van der Waals surface area contributed by atoms with Crippen LogP contribution in [0.4, 0.5) is 11.4 Å². The maximum absolute atomic E-state index is 12.7. The highest BCUT2D eigenvalue weighted by Crippen LogP contribution is 2.30. The molecular weight excluding hydrogens is 483 g/mol. The number of ether oxygens (including phenoxy) is 1. The number of carbonyl (C=O) groups is 2. The van der Waals surface area contributed by atoms with Gasteiger partial charge in [-0.25, -0.2) is 0 Å². The molecule has 2 aromatic rings. The molecule has 0 saturated carbocycles. The van der Waals surface area contributed by atoms with Crippen LogP contribution < -0.4 is 20.3 Å². The standard InChI is InChI=1S/C23H26Cl2N4O3S/c1-14(2)22(31)29-10-8-28(9-11-29)19-6-4-16(25)13-18(19)26-23(33)27-21(30)17-12-15(24)5-7-20(17)32-3/h4-7,12-14H,8-11H2,1-3H3,(H2,26,27,30,33). The summed E-state index contributed by atoms with van der Waals surface area (Å²) in [5.74, 6) is 0.0704. The number of halogens is 2. The second-order valence-electron chi connectivity index (χ2n) is 7.88. The average molecular weight is 509 g/mol. The summed E-state index contributed by atoms with van der Waals surface area (Å²) in [5.41, 5.74) is 1.81. The number of methoxy groups -OCH3 is 1. The van der Waals surface area contributed by atoms with Gasteiger partial charge >= 0.3 is 0 Å². The van der Waals surface area contributed by atoms with Gasteiger partial charge in [-0.1, -0.05) is 37.0 Å². The Morgan fingerprint density at radius 3 is 2.30 bits per heavy atom. The van der Waals surface area contributed by atoms with Crippen molar-refractivity contribution >= 4 is 63.7 Å². The fourth-order valence-corrected chi connectivity index (χ4v) is 4.15. The third kappa shape index (κ3) is 6.28. The minimum Gasteiger partial charge on any atom is -0.496 e. The first kappa shape index (κ1) is 25.1. The van der Waals surface area contributed by atoms with Crippen molar-refractivity contribution in [1.82, 2.24) is 10.2 Å². The molecule has 176 valence electrons. The summed E-state index contributed by atoms with van der Waals surface area (Å²) >= 11 is 17.6. The summed E-state index contributed by atoms with van der Waals surface area (Å²) < 4.78 is 5.24. The number of benzene rings is 2. The molecule has 10 heteroatoms. The molecule has 7 nitrogen and oxygen atoms in total. The van der Waals surface area contributed by atoms with E-state index in [2.05, 4.69) is 15.5 Å². The van der Waals surface area contributed by atoms with Crippen LogP contribution in [0.2, 0.25) is 10.0 Å². The molecule has 1 aliphatic rings. The lowest BCUT2D eigenvalue weighted by molar-refractivity contribution is -0.134. The number of hydrogen-bond donors (Lipinski definition) is 2. The first-order valence-corrected chi connectivity index (χ1v) is 11.6. The van der Waals surface area contributed by atoms with Gasteiger partial charge in [-0.15, -0.1) is 0 Å². The lowest BCUT2D eigenvalue weighted by Gasteiger charge is -2.37. The SMILES string of the molecule is COc1ccc(Cl)cc1C(=O)NC(=S)Nc1cc(Cl)ccc1N1CCN(C(=O)C(C)C)CC1. The van der Waals surface area contributed by atoms with Crippen molar-refractivity contribution in [3.05, 3.63) is 52.0 Å². The van der Waals surface area contributed by atoms with Crippen LogP contribution in [-0.2, 0) is 4.79 Å². The van der Waals surface area contributed by atoms with Gasteiger partial charge in [-0.05, 0) is 48.6 Å². The maximum Gasteiger partial charge on any atom is 0.261 e. The van der Waals surface area contributed by atoms with Gasteiger partial charge in [0.15, 0.2) is 5.11 Å². The highest BCUT2D eigenvalue weighted by molar-refractivity contribution is 7.80. The van der Waals surface area contributed by atoms with Gasteiger partial charge in [0.2, 0.25) is 5.91 Å². The number of nitrogens with zero attached hydrogens (tertiary/aromatic N) is 2. The Hall–Kier alpha value is -2.55. The predicted octanol–water partition coefficient (Wildman–Crippen LogP) is 4.43. The Balaban J connectivity index is 1.71. The molecule has 0 radical (unpaired) electrons. The number of piperazine rings is 1. The average Bonchev–Trinajstić information content (AvgIpc) is 2.78. The summed E-state index contributed by atoms with van der Waals surface area (Å²) in [7, 11) is 1.48. The number of hydrogen-bond acceptors (Lipinski definition) is 5. The summed E-state index contributed by atoms with van der Waals surface area (Å²) in [5, 5.41) is 6.78. The summed E-state index contributed by atoms with van der Waals surface area (Å²) in [6.45, 7) is 6.43. The van der Waals surface area contributed by atoms with Gasteiger partial charge in [-0.3, -0.25) is 14.9 Å². The van der Waals surface area contributed by atoms with E-state index >= 15 is 0 Å². The topological polar surface area (TPSA) is 73.9 Å². The number of thiocarbonyl (C=S) groups is 1. The van der Waals surface area contributed by atoms with E-state index in [1.54, 1.807) is 24.3 Å². The van der Waals surface area contributed by atoms with E-state index in [1.165, 1.54) is 13.2 Å². The Morgan fingerprint density at radius 1 is 1.03 bits per heavy atom. The zero-order valence-corrected chi connectivity index (χ0v) is 21.0. The van der Waals surface area contributed by atoms with Crippen LogP contribution in [0, 0.1) is 5.92 Å². The Kier molecular flexibility index (Phi) is 8.40. The van der Waals surface area contributed by atoms with Crippen LogP contribution >= 0.6 is 35.4 Å². The van der Waals surface area contributed by atoms with E-state index in [-0.39, 0.29) is 22.5 Å². The van der Waals surface area contributed by atoms with Crippen LogP contribution in [0.25, 0.3) is 0 Å². The fraction of sp³-hybridized carbons (Fsp3) is 0.348. The van der Waals surface area contributed by atoms with Gasteiger partial charge < -0.3 is 19.9 Å². The smallest absolute Gasteiger partial charge is 0.261 e. The second-order valence-corrected chi connectivity index (χ2v) is 9.16. The molecule has 0 aliphatic carbocycles. The van der Waals surface area contributed by atoms with Gasteiger partial charge in [-0.2, -0.15) is 0 Å². The van der Waals surface area contributed by atoms with E-state index in [0.29, 0.717) is 47.7 Å². The number of nitrogens with one attached hydrogen (secondary N) is 2. The Labute approximate surface area is 209 Å². The zero-order chi connectivity index (χ0) is 24.1. The third-order valence-corrected chi connectivity index (χ3v) is 5.94. The molecule has 33 heavy (non-hydrogen) atoms. The largest absolute Gasteiger partial charge is 0.496 e. The van der Waals surface area contributed by atoms with Gasteiger partial charge in [0.05, 0.1) is 24.0 Å². The van der Waals surface area contributed by atoms with Crippen molar-refractivity contribution < 1.29 is 14.3 Å². The highest BCUT2D eigenvalue weighted by Gasteiger charge is 2.24. The van der Waals surface area contributed by atoms with E-state index in [4.69, 9.17) is 40.2 Å². The van der Waals surface area contributed by atoms with E-state index in [0.717, 1.165) is 5.69 Å². The predicted molar refractivity (Wildman–Crippen MR) is 137 cm³/mol. The molecule has 1 saturated heterocycles. The first-order chi connectivity index (χ1) is 15.7. The summed E-state index contributed by atoms with van der Waals surface area (Å²) in [6, 6.07) is 10.2. The van der Waals surface area contributed by atoms with Crippen molar-refractivity contribution in [3.8, 4) is 5.75 Å². The maximum atomic E-state index is 12.7. The van der Waals surface area contributed by atoms with Gasteiger partial charge in [0, 0.05) is 42.1 Å². The zero-order valence-electron chi connectivity index (χ0n) is 18.7. The molecule has 0 bridgehead atoms. The number of amides is 2. The summed E-state index contributed by atoms with van der Waals surface area (Å²) in [4.78, 5) is 29.1. The minimum absolute atomic E-state index is 0.0246. The Bertz CT molecular complexity index is 1060. The molecule has 0 atom stereocenters. The fourth-order valence-electron chi connectivity index (χ4n) is 3.60. The van der Waals surface area contributed by atoms with Crippen LogP contribution in [-0.4, -0.2) is 55.1 Å². The normalized spacial score (nSPS) is 13.6. The lowest BCUT2D eigenvalue weighted by Crippen LogP contribution is -2.50. The molecule has 0 unspecified atom stereocenters. The molecule has 0 aromatic heterocycles. The number of carbonyl (C=O) groups excluding carboxylic acids is 2. The number of anilines is 2. The second kappa shape index (κ2) is 11.0. The number of rotatable bonds is 5. The van der Waals surface area contributed by atoms with E-state index < -0.39 is 5.91 Å². The molecule has 1 heterocycles. The molecule has 1 fully saturated rings. The minimum atomic E-state index is -0.448.